The molecule has 0 radical (unpaired) electrons. The summed E-state index contributed by atoms with van der Waals surface area (Å²) in [6.45, 7) is 6.07. The fourth-order valence-corrected chi connectivity index (χ4v) is 2.55. The number of aryl methyl sites for hydroxylation is 2. The van der Waals surface area contributed by atoms with Gasteiger partial charge >= 0.3 is 0 Å². The van der Waals surface area contributed by atoms with Gasteiger partial charge < -0.3 is 9.73 Å². The highest BCUT2D eigenvalue weighted by Gasteiger charge is 2.19. The van der Waals surface area contributed by atoms with Gasteiger partial charge in [0.05, 0.1) is 0 Å². The van der Waals surface area contributed by atoms with E-state index >= 15 is 0 Å². The maximum atomic E-state index is 5.66. The van der Waals surface area contributed by atoms with Gasteiger partial charge in [-0.25, -0.2) is 9.97 Å². The molecular weight excluding hydrogens is 238 g/mol. The standard InChI is InChI=1S/C15H19N3O/c1-10-9-13(14-4-3-11(2)19-14)18-15(17-10)12-5-7-16-8-6-12/h3-4,9,12,16H,5-8H2,1-2H3. The molecule has 2 aromatic rings. The fourth-order valence-electron chi connectivity index (χ4n) is 2.55. The Labute approximate surface area is 113 Å². The molecule has 1 aliphatic rings. The van der Waals surface area contributed by atoms with Gasteiger partial charge in [0.2, 0.25) is 0 Å². The van der Waals surface area contributed by atoms with E-state index < -0.39 is 0 Å². The maximum absolute atomic E-state index is 5.66. The zero-order valence-corrected chi connectivity index (χ0v) is 11.4. The van der Waals surface area contributed by atoms with Gasteiger partial charge in [-0.2, -0.15) is 0 Å². The second-order valence-corrected chi connectivity index (χ2v) is 5.19. The Hall–Kier alpha value is -1.68. The molecule has 0 amide bonds. The summed E-state index contributed by atoms with van der Waals surface area (Å²) < 4.78 is 5.66. The van der Waals surface area contributed by atoms with Gasteiger partial charge in [-0.1, -0.05) is 0 Å². The van der Waals surface area contributed by atoms with Gasteiger partial charge in [0.25, 0.3) is 0 Å². The van der Waals surface area contributed by atoms with Crippen LogP contribution in [0.2, 0.25) is 0 Å². The smallest absolute Gasteiger partial charge is 0.152 e. The molecule has 1 fully saturated rings. The third-order valence-corrected chi connectivity index (χ3v) is 3.57. The van der Waals surface area contributed by atoms with E-state index in [0.29, 0.717) is 5.92 Å². The molecule has 4 heteroatoms. The van der Waals surface area contributed by atoms with Crippen LogP contribution in [0.15, 0.2) is 22.6 Å². The molecular formula is C15H19N3O. The third-order valence-electron chi connectivity index (χ3n) is 3.57. The van der Waals surface area contributed by atoms with E-state index in [-0.39, 0.29) is 0 Å². The Balaban J connectivity index is 1.95. The molecule has 3 rings (SSSR count). The van der Waals surface area contributed by atoms with Gasteiger partial charge in [0, 0.05) is 11.6 Å². The molecule has 0 aliphatic carbocycles. The zero-order valence-electron chi connectivity index (χ0n) is 11.4. The highest BCUT2D eigenvalue weighted by Crippen LogP contribution is 2.26. The summed E-state index contributed by atoms with van der Waals surface area (Å²) >= 11 is 0. The van der Waals surface area contributed by atoms with Crippen LogP contribution >= 0.6 is 0 Å². The summed E-state index contributed by atoms with van der Waals surface area (Å²) in [5.74, 6) is 3.18. The van der Waals surface area contributed by atoms with E-state index in [1.165, 1.54) is 0 Å². The number of rotatable bonds is 2. The molecule has 19 heavy (non-hydrogen) atoms. The van der Waals surface area contributed by atoms with Crippen LogP contribution in [-0.4, -0.2) is 23.1 Å². The molecule has 2 aromatic heterocycles. The van der Waals surface area contributed by atoms with Crippen molar-refractivity contribution in [2.45, 2.75) is 32.6 Å². The minimum absolute atomic E-state index is 0.468. The van der Waals surface area contributed by atoms with Crippen molar-refractivity contribution in [3.05, 3.63) is 35.5 Å². The highest BCUT2D eigenvalue weighted by atomic mass is 16.3. The number of hydrogen-bond acceptors (Lipinski definition) is 4. The number of piperidine rings is 1. The average Bonchev–Trinajstić information content (AvgIpc) is 2.86. The molecule has 0 saturated carbocycles. The van der Waals surface area contributed by atoms with Gasteiger partial charge in [-0.05, 0) is 58.0 Å². The molecule has 1 N–H and O–H groups in total. The minimum atomic E-state index is 0.468. The van der Waals surface area contributed by atoms with Crippen LogP contribution < -0.4 is 5.32 Å². The maximum Gasteiger partial charge on any atom is 0.152 e. The van der Waals surface area contributed by atoms with E-state index in [4.69, 9.17) is 9.40 Å². The summed E-state index contributed by atoms with van der Waals surface area (Å²) in [5, 5.41) is 3.37. The quantitative estimate of drug-likeness (QED) is 0.898. The van der Waals surface area contributed by atoms with Crippen LogP contribution in [0, 0.1) is 13.8 Å². The fraction of sp³-hybridized carbons (Fsp3) is 0.467. The van der Waals surface area contributed by atoms with Crippen molar-refractivity contribution in [1.82, 2.24) is 15.3 Å². The highest BCUT2D eigenvalue weighted by molar-refractivity contribution is 5.52. The Morgan fingerprint density at radius 3 is 2.63 bits per heavy atom. The molecule has 0 spiro atoms. The van der Waals surface area contributed by atoms with Crippen molar-refractivity contribution in [3.8, 4) is 11.5 Å². The molecule has 0 bridgehead atoms. The van der Waals surface area contributed by atoms with Crippen molar-refractivity contribution in [2.24, 2.45) is 0 Å². The number of nitrogens with zero attached hydrogens (tertiary/aromatic N) is 2. The molecule has 100 valence electrons. The molecule has 0 atom stereocenters. The SMILES string of the molecule is Cc1cc(-c2ccc(C)o2)nc(C2CCNCC2)n1. The van der Waals surface area contributed by atoms with E-state index in [2.05, 4.69) is 10.3 Å². The summed E-state index contributed by atoms with van der Waals surface area (Å²) in [7, 11) is 0. The van der Waals surface area contributed by atoms with E-state index in [1.807, 2.05) is 32.0 Å². The first-order valence-electron chi connectivity index (χ1n) is 6.85. The number of hydrogen-bond donors (Lipinski definition) is 1. The van der Waals surface area contributed by atoms with E-state index in [1.54, 1.807) is 0 Å². The number of nitrogens with one attached hydrogen (secondary N) is 1. The molecule has 1 aliphatic heterocycles. The first-order valence-corrected chi connectivity index (χ1v) is 6.85. The Kier molecular flexibility index (Phi) is 3.34. The molecule has 3 heterocycles. The van der Waals surface area contributed by atoms with Crippen LogP contribution in [0.25, 0.3) is 11.5 Å². The van der Waals surface area contributed by atoms with E-state index in [9.17, 15) is 0 Å². The lowest BCUT2D eigenvalue weighted by Gasteiger charge is -2.21. The monoisotopic (exact) mass is 257 g/mol. The lowest BCUT2D eigenvalue weighted by Crippen LogP contribution is -2.27. The second-order valence-electron chi connectivity index (χ2n) is 5.19. The van der Waals surface area contributed by atoms with Crippen molar-refractivity contribution < 1.29 is 4.42 Å². The molecule has 1 saturated heterocycles. The Bertz CT molecular complexity index is 571. The van der Waals surface area contributed by atoms with Crippen molar-refractivity contribution in [1.29, 1.82) is 0 Å². The van der Waals surface area contributed by atoms with Crippen molar-refractivity contribution in [3.63, 3.8) is 0 Å². The predicted molar refractivity (Wildman–Crippen MR) is 74.1 cm³/mol. The number of furan rings is 1. The minimum Gasteiger partial charge on any atom is -0.460 e. The van der Waals surface area contributed by atoms with Gasteiger partial charge in [0.1, 0.15) is 17.3 Å². The summed E-state index contributed by atoms with van der Waals surface area (Å²) in [6.07, 6.45) is 2.22. The molecule has 4 nitrogen and oxygen atoms in total. The lowest BCUT2D eigenvalue weighted by molar-refractivity contribution is 0.444. The summed E-state index contributed by atoms with van der Waals surface area (Å²) in [6, 6.07) is 5.93. The van der Waals surface area contributed by atoms with Crippen LogP contribution in [0.1, 0.15) is 36.0 Å². The lowest BCUT2D eigenvalue weighted by atomic mass is 9.97. The predicted octanol–water partition coefficient (Wildman–Crippen LogP) is 2.82. The van der Waals surface area contributed by atoms with Crippen molar-refractivity contribution in [2.75, 3.05) is 13.1 Å². The van der Waals surface area contributed by atoms with E-state index in [0.717, 1.165) is 54.7 Å². The van der Waals surface area contributed by atoms with Crippen molar-refractivity contribution >= 4 is 0 Å². The van der Waals surface area contributed by atoms with Crippen LogP contribution in [-0.2, 0) is 0 Å². The first-order chi connectivity index (χ1) is 9.22. The summed E-state index contributed by atoms with van der Waals surface area (Å²) in [5.41, 5.74) is 1.90. The first kappa shape index (κ1) is 12.4. The Morgan fingerprint density at radius 1 is 1.16 bits per heavy atom. The third kappa shape index (κ3) is 2.68. The normalized spacial score (nSPS) is 16.7. The van der Waals surface area contributed by atoms with Crippen LogP contribution in [0.3, 0.4) is 0 Å². The topological polar surface area (TPSA) is 51.0 Å². The molecule has 0 aromatic carbocycles. The van der Waals surface area contributed by atoms with Crippen LogP contribution in [0.5, 0.6) is 0 Å². The largest absolute Gasteiger partial charge is 0.460 e. The summed E-state index contributed by atoms with van der Waals surface area (Å²) in [4.78, 5) is 9.32. The number of aromatic nitrogens is 2. The Morgan fingerprint density at radius 2 is 1.95 bits per heavy atom. The van der Waals surface area contributed by atoms with Gasteiger partial charge in [-0.15, -0.1) is 0 Å². The van der Waals surface area contributed by atoms with Gasteiger partial charge in [-0.3, -0.25) is 0 Å². The average molecular weight is 257 g/mol. The van der Waals surface area contributed by atoms with Crippen LogP contribution in [0.4, 0.5) is 0 Å². The molecule has 0 unspecified atom stereocenters. The second kappa shape index (κ2) is 5.13. The van der Waals surface area contributed by atoms with Gasteiger partial charge in [0.15, 0.2) is 5.76 Å². The zero-order chi connectivity index (χ0) is 13.2.